The third kappa shape index (κ3) is 7.28. The summed E-state index contributed by atoms with van der Waals surface area (Å²) >= 11 is 3.48. The molecule has 0 bridgehead atoms. The van der Waals surface area contributed by atoms with Gasteiger partial charge >= 0.3 is 0 Å². The molecule has 2 amide bonds. The van der Waals surface area contributed by atoms with Crippen molar-refractivity contribution in [2.45, 2.75) is 72.0 Å². The van der Waals surface area contributed by atoms with E-state index in [1.807, 2.05) is 38.1 Å². The van der Waals surface area contributed by atoms with E-state index in [4.69, 9.17) is 0 Å². The van der Waals surface area contributed by atoms with E-state index >= 15 is 0 Å². The van der Waals surface area contributed by atoms with Crippen molar-refractivity contribution in [2.75, 3.05) is 0 Å². The molecule has 4 nitrogen and oxygen atoms in total. The van der Waals surface area contributed by atoms with Crippen molar-refractivity contribution in [1.29, 1.82) is 0 Å². The Morgan fingerprint density at radius 3 is 2.20 bits per heavy atom. The molecule has 0 heterocycles. The molecule has 0 aliphatic rings. The van der Waals surface area contributed by atoms with Crippen LogP contribution in [0.25, 0.3) is 0 Å². The van der Waals surface area contributed by atoms with Gasteiger partial charge in [-0.1, -0.05) is 66.2 Å². The molecule has 0 saturated carbocycles. The van der Waals surface area contributed by atoms with Crippen molar-refractivity contribution in [3.8, 4) is 0 Å². The maximum Gasteiger partial charge on any atom is 0.242 e. The molecule has 0 radical (unpaired) electrons. The fourth-order valence-electron chi connectivity index (χ4n) is 3.28. The molecule has 0 unspecified atom stereocenters. The number of aryl methyl sites for hydroxylation is 1. The summed E-state index contributed by atoms with van der Waals surface area (Å²) in [4.78, 5) is 27.4. The second-order valence-corrected chi connectivity index (χ2v) is 9.30. The van der Waals surface area contributed by atoms with Crippen molar-refractivity contribution < 1.29 is 9.59 Å². The maximum absolute atomic E-state index is 13.1. The van der Waals surface area contributed by atoms with Gasteiger partial charge in [-0.05, 0) is 61.9 Å². The molecule has 1 N–H and O–H groups in total. The van der Waals surface area contributed by atoms with Crippen molar-refractivity contribution in [3.05, 3.63) is 69.7 Å². The van der Waals surface area contributed by atoms with Gasteiger partial charge in [0, 0.05) is 23.5 Å². The lowest BCUT2D eigenvalue weighted by Gasteiger charge is -2.29. The summed E-state index contributed by atoms with van der Waals surface area (Å²) in [5.74, 6) is 0.339. The summed E-state index contributed by atoms with van der Waals surface area (Å²) in [7, 11) is 0. The van der Waals surface area contributed by atoms with Crippen LogP contribution in [0.15, 0.2) is 53.0 Å². The average molecular weight is 473 g/mol. The van der Waals surface area contributed by atoms with E-state index in [1.165, 1.54) is 5.56 Å². The fourth-order valence-corrected chi connectivity index (χ4v) is 3.73. The number of amides is 2. The first-order valence-electron chi connectivity index (χ1n) is 10.6. The number of rotatable bonds is 9. The number of carbonyl (C=O) groups excluding carboxylic acids is 2. The number of nitrogens with zero attached hydrogens (tertiary/aromatic N) is 1. The number of carbonyl (C=O) groups is 2. The van der Waals surface area contributed by atoms with Gasteiger partial charge in [-0.3, -0.25) is 9.59 Å². The second-order valence-electron chi connectivity index (χ2n) is 8.39. The number of halogens is 1. The van der Waals surface area contributed by atoms with E-state index in [0.29, 0.717) is 25.3 Å². The first-order valence-corrected chi connectivity index (χ1v) is 11.4. The van der Waals surface area contributed by atoms with Gasteiger partial charge in [0.1, 0.15) is 6.04 Å². The topological polar surface area (TPSA) is 49.4 Å². The Labute approximate surface area is 189 Å². The van der Waals surface area contributed by atoms with E-state index in [0.717, 1.165) is 15.6 Å². The van der Waals surface area contributed by atoms with Crippen molar-refractivity contribution >= 4 is 27.7 Å². The third-order valence-corrected chi connectivity index (χ3v) is 5.61. The van der Waals surface area contributed by atoms with Gasteiger partial charge in [-0.2, -0.15) is 0 Å². The molecule has 162 valence electrons. The summed E-state index contributed by atoms with van der Waals surface area (Å²) < 4.78 is 0.955. The predicted molar refractivity (Wildman–Crippen MR) is 126 cm³/mol. The molecule has 2 aromatic rings. The standard InChI is InChI=1S/C25H33BrN2O2/c1-17(2)22-12-9-20(10-13-22)11-14-24(29)28(19(5)25(30)27-18(3)4)16-21-7-6-8-23(26)15-21/h6-10,12-13,15,17-19H,11,14,16H2,1-5H3,(H,27,30)/t19-/m0/s1. The highest BCUT2D eigenvalue weighted by Crippen LogP contribution is 2.18. The first kappa shape index (κ1) is 24.1. The van der Waals surface area contributed by atoms with Gasteiger partial charge in [0.2, 0.25) is 11.8 Å². The molecular formula is C25H33BrN2O2. The van der Waals surface area contributed by atoms with Crippen LogP contribution < -0.4 is 5.32 Å². The van der Waals surface area contributed by atoms with Gasteiger partial charge in [0.25, 0.3) is 0 Å². The fraction of sp³-hybridized carbons (Fsp3) is 0.440. The first-order chi connectivity index (χ1) is 14.2. The second kappa shape index (κ2) is 11.3. The van der Waals surface area contributed by atoms with Crippen LogP contribution in [0.1, 0.15) is 63.6 Å². The van der Waals surface area contributed by atoms with E-state index in [2.05, 4.69) is 59.4 Å². The Balaban J connectivity index is 2.13. The lowest BCUT2D eigenvalue weighted by Crippen LogP contribution is -2.49. The monoisotopic (exact) mass is 472 g/mol. The zero-order valence-electron chi connectivity index (χ0n) is 18.6. The summed E-state index contributed by atoms with van der Waals surface area (Å²) in [5.41, 5.74) is 3.41. The largest absolute Gasteiger partial charge is 0.352 e. The SMILES string of the molecule is CC(C)NC(=O)[C@H](C)N(Cc1cccc(Br)c1)C(=O)CCc1ccc(C(C)C)cc1. The average Bonchev–Trinajstić information content (AvgIpc) is 2.69. The van der Waals surface area contributed by atoms with Crippen LogP contribution in [0, 0.1) is 0 Å². The van der Waals surface area contributed by atoms with E-state index in [9.17, 15) is 9.59 Å². The van der Waals surface area contributed by atoms with Crippen LogP contribution in [0.3, 0.4) is 0 Å². The molecule has 2 rings (SSSR count). The molecule has 0 spiro atoms. The minimum absolute atomic E-state index is 0.0192. The lowest BCUT2D eigenvalue weighted by atomic mass is 10.00. The quantitative estimate of drug-likeness (QED) is 0.527. The molecular weight excluding hydrogens is 440 g/mol. The smallest absolute Gasteiger partial charge is 0.242 e. The van der Waals surface area contributed by atoms with Crippen LogP contribution in [-0.4, -0.2) is 28.8 Å². The van der Waals surface area contributed by atoms with Crippen molar-refractivity contribution in [2.24, 2.45) is 0 Å². The van der Waals surface area contributed by atoms with Crippen molar-refractivity contribution in [1.82, 2.24) is 10.2 Å². The Hall–Kier alpha value is -2.14. The molecule has 0 fully saturated rings. The van der Waals surface area contributed by atoms with Gasteiger partial charge in [-0.25, -0.2) is 0 Å². The Bertz CT molecular complexity index is 846. The number of hydrogen-bond donors (Lipinski definition) is 1. The predicted octanol–water partition coefficient (Wildman–Crippen LogP) is 5.45. The number of hydrogen-bond acceptors (Lipinski definition) is 2. The van der Waals surface area contributed by atoms with Crippen LogP contribution in [0.4, 0.5) is 0 Å². The van der Waals surface area contributed by atoms with Crippen LogP contribution >= 0.6 is 15.9 Å². The van der Waals surface area contributed by atoms with Crippen LogP contribution in [0.5, 0.6) is 0 Å². The van der Waals surface area contributed by atoms with Crippen molar-refractivity contribution in [3.63, 3.8) is 0 Å². The van der Waals surface area contributed by atoms with Gasteiger partial charge in [0.15, 0.2) is 0 Å². The highest BCUT2D eigenvalue weighted by atomic mass is 79.9. The zero-order chi connectivity index (χ0) is 22.3. The molecule has 2 aromatic carbocycles. The number of nitrogens with one attached hydrogen (secondary N) is 1. The highest BCUT2D eigenvalue weighted by molar-refractivity contribution is 9.10. The molecule has 0 aromatic heterocycles. The molecule has 30 heavy (non-hydrogen) atoms. The minimum atomic E-state index is -0.540. The summed E-state index contributed by atoms with van der Waals surface area (Å²) in [5, 5.41) is 2.92. The summed E-state index contributed by atoms with van der Waals surface area (Å²) in [6.07, 6.45) is 1.03. The van der Waals surface area contributed by atoms with E-state index in [-0.39, 0.29) is 17.9 Å². The molecule has 0 saturated heterocycles. The molecule has 5 heteroatoms. The Kier molecular flexibility index (Phi) is 9.09. The molecule has 1 atom stereocenters. The lowest BCUT2D eigenvalue weighted by molar-refractivity contribution is -0.140. The third-order valence-electron chi connectivity index (χ3n) is 5.11. The summed E-state index contributed by atoms with van der Waals surface area (Å²) in [6.45, 7) is 10.4. The van der Waals surface area contributed by atoms with E-state index < -0.39 is 6.04 Å². The van der Waals surface area contributed by atoms with Gasteiger partial charge < -0.3 is 10.2 Å². The molecule has 0 aliphatic carbocycles. The normalized spacial score (nSPS) is 12.1. The molecule has 0 aliphatic heterocycles. The minimum Gasteiger partial charge on any atom is -0.352 e. The van der Waals surface area contributed by atoms with Crippen LogP contribution in [0.2, 0.25) is 0 Å². The zero-order valence-corrected chi connectivity index (χ0v) is 20.2. The van der Waals surface area contributed by atoms with Crippen LogP contribution in [-0.2, 0) is 22.6 Å². The Morgan fingerprint density at radius 2 is 1.63 bits per heavy atom. The summed E-state index contributed by atoms with van der Waals surface area (Å²) in [6, 6.07) is 15.8. The number of benzene rings is 2. The van der Waals surface area contributed by atoms with E-state index in [1.54, 1.807) is 11.8 Å². The highest BCUT2D eigenvalue weighted by Gasteiger charge is 2.26. The maximum atomic E-state index is 13.1. The van der Waals surface area contributed by atoms with Gasteiger partial charge in [0.05, 0.1) is 0 Å². The van der Waals surface area contributed by atoms with Gasteiger partial charge in [-0.15, -0.1) is 0 Å². The Morgan fingerprint density at radius 1 is 0.967 bits per heavy atom.